The van der Waals surface area contributed by atoms with Crippen LogP contribution < -0.4 is 15.1 Å². The third-order valence-corrected chi connectivity index (χ3v) is 8.94. The molecule has 232 valence electrons. The van der Waals surface area contributed by atoms with Crippen LogP contribution in [0.5, 0.6) is 0 Å². The normalized spacial score (nSPS) is 20.6. The number of aryl methyl sites for hydroxylation is 1. The van der Waals surface area contributed by atoms with Gasteiger partial charge in [0, 0.05) is 39.0 Å². The van der Waals surface area contributed by atoms with Crippen molar-refractivity contribution in [3.05, 3.63) is 30.2 Å². The van der Waals surface area contributed by atoms with Crippen LogP contribution in [-0.2, 0) is 15.9 Å². The van der Waals surface area contributed by atoms with Crippen molar-refractivity contribution in [2.24, 2.45) is 5.41 Å². The van der Waals surface area contributed by atoms with Gasteiger partial charge in [0.2, 0.25) is 0 Å². The minimum absolute atomic E-state index is 0.0419. The zero-order valence-electron chi connectivity index (χ0n) is 26.1. The smallest absolute Gasteiger partial charge is 0.407 e. The number of anilines is 3. The zero-order valence-corrected chi connectivity index (χ0v) is 26.1. The number of piperidine rings is 1. The number of carbonyl (C=O) groups is 1. The molecule has 0 bridgehead atoms. The Hall–Kier alpha value is -3.47. The fraction of sp³-hybridized carbons (Fsp3) is 0.656. The number of hydrogen-bond donors (Lipinski definition) is 1. The van der Waals surface area contributed by atoms with Crippen LogP contribution in [0.15, 0.2) is 24.5 Å². The monoisotopic (exact) mass is 590 g/mol. The summed E-state index contributed by atoms with van der Waals surface area (Å²) >= 11 is 0. The van der Waals surface area contributed by atoms with Crippen LogP contribution >= 0.6 is 0 Å². The van der Waals surface area contributed by atoms with Crippen molar-refractivity contribution >= 4 is 34.6 Å². The van der Waals surface area contributed by atoms with Gasteiger partial charge in [-0.15, -0.1) is 5.10 Å². The highest BCUT2D eigenvalue weighted by atomic mass is 16.6. The average molecular weight is 591 g/mol. The van der Waals surface area contributed by atoms with Crippen LogP contribution in [0.25, 0.3) is 11.2 Å². The summed E-state index contributed by atoms with van der Waals surface area (Å²) in [4.78, 5) is 31.8. The number of amides is 1. The van der Waals surface area contributed by atoms with Crippen molar-refractivity contribution in [2.75, 3.05) is 42.6 Å². The van der Waals surface area contributed by atoms with Crippen LogP contribution in [0.1, 0.15) is 91.0 Å². The van der Waals surface area contributed by atoms with Gasteiger partial charge in [-0.1, -0.05) is 13.3 Å². The number of rotatable bonds is 7. The van der Waals surface area contributed by atoms with Crippen molar-refractivity contribution in [2.45, 2.75) is 97.3 Å². The van der Waals surface area contributed by atoms with Crippen molar-refractivity contribution in [1.82, 2.24) is 30.0 Å². The van der Waals surface area contributed by atoms with Gasteiger partial charge in [0.05, 0.1) is 17.6 Å². The first-order valence-corrected chi connectivity index (χ1v) is 16.1. The third-order valence-electron chi connectivity index (χ3n) is 8.94. The van der Waals surface area contributed by atoms with E-state index in [-0.39, 0.29) is 17.7 Å². The van der Waals surface area contributed by atoms with Gasteiger partial charge >= 0.3 is 6.09 Å². The van der Waals surface area contributed by atoms with Crippen LogP contribution in [0.4, 0.5) is 22.1 Å². The van der Waals surface area contributed by atoms with Crippen LogP contribution in [-0.4, -0.2) is 69.2 Å². The Morgan fingerprint density at radius 2 is 2.00 bits per heavy atom. The lowest BCUT2D eigenvalue weighted by Gasteiger charge is -2.42. The molecule has 2 saturated heterocycles. The van der Waals surface area contributed by atoms with E-state index in [1.165, 1.54) is 0 Å². The topological polar surface area (TPSA) is 111 Å². The van der Waals surface area contributed by atoms with E-state index in [9.17, 15) is 4.79 Å². The average Bonchev–Trinajstić information content (AvgIpc) is 3.39. The van der Waals surface area contributed by atoms with Crippen molar-refractivity contribution in [1.29, 1.82) is 0 Å². The number of carbonyl (C=O) groups excluding carboxylic acids is 1. The van der Waals surface area contributed by atoms with Gasteiger partial charge in [0.15, 0.2) is 23.2 Å². The molecule has 0 saturated carbocycles. The molecule has 3 aliphatic heterocycles. The molecule has 43 heavy (non-hydrogen) atoms. The number of pyridine rings is 1. The molecule has 1 N–H and O–H groups in total. The van der Waals surface area contributed by atoms with Gasteiger partial charge in [-0.05, 0) is 89.7 Å². The molecule has 6 rings (SSSR count). The first-order valence-electron chi connectivity index (χ1n) is 16.1. The number of nitrogens with one attached hydrogen (secondary N) is 1. The minimum Gasteiger partial charge on any atom is -0.444 e. The molecule has 6 heterocycles. The maximum atomic E-state index is 12.4. The fourth-order valence-electron chi connectivity index (χ4n) is 6.78. The molecule has 1 unspecified atom stereocenters. The molecule has 1 amide bonds. The Labute approximate surface area is 254 Å². The molecular weight excluding hydrogens is 544 g/mol. The maximum absolute atomic E-state index is 12.4. The highest BCUT2D eigenvalue weighted by Crippen LogP contribution is 2.39. The lowest BCUT2D eigenvalue weighted by molar-refractivity contribution is -0.0368. The minimum atomic E-state index is -0.508. The van der Waals surface area contributed by atoms with Gasteiger partial charge in [0.1, 0.15) is 11.4 Å². The summed E-state index contributed by atoms with van der Waals surface area (Å²) in [6.07, 6.45) is 12.4. The SMILES string of the molecule is CCCC1(CNC(=O)OC(C)(C)C)CCN(c2cnc3c(N4CCCc5ncccc54)nn(C4CCCCO4)c3n2)CC1. The van der Waals surface area contributed by atoms with E-state index in [1.807, 2.05) is 43.9 Å². The molecule has 0 aromatic carbocycles. The second-order valence-electron chi connectivity index (χ2n) is 13.3. The van der Waals surface area contributed by atoms with Crippen LogP contribution in [0, 0.1) is 5.41 Å². The summed E-state index contributed by atoms with van der Waals surface area (Å²) < 4.78 is 13.7. The van der Waals surface area contributed by atoms with E-state index < -0.39 is 5.60 Å². The molecular formula is C32H46N8O3. The number of nitrogens with zero attached hydrogens (tertiary/aromatic N) is 7. The number of alkyl carbamates (subject to hydrolysis) is 1. The summed E-state index contributed by atoms with van der Waals surface area (Å²) in [7, 11) is 0. The Bertz CT molecular complexity index is 1420. The predicted octanol–water partition coefficient (Wildman–Crippen LogP) is 5.92. The van der Waals surface area contributed by atoms with E-state index in [2.05, 4.69) is 33.1 Å². The van der Waals surface area contributed by atoms with Gasteiger partial charge in [-0.3, -0.25) is 4.98 Å². The van der Waals surface area contributed by atoms with E-state index >= 15 is 0 Å². The summed E-state index contributed by atoms with van der Waals surface area (Å²) in [6, 6.07) is 4.11. The molecule has 0 spiro atoms. The number of hydrogen-bond acceptors (Lipinski definition) is 9. The molecule has 1 atom stereocenters. The van der Waals surface area contributed by atoms with Crippen molar-refractivity contribution in [3.63, 3.8) is 0 Å². The molecule has 11 nitrogen and oxygen atoms in total. The first kappa shape index (κ1) is 29.6. The highest BCUT2D eigenvalue weighted by Gasteiger charge is 2.36. The van der Waals surface area contributed by atoms with Gasteiger partial charge in [-0.25, -0.2) is 19.4 Å². The summed E-state index contributed by atoms with van der Waals surface area (Å²) in [5, 5.41) is 8.19. The second kappa shape index (κ2) is 12.3. The number of ether oxygens (including phenoxy) is 2. The molecule has 3 aromatic heterocycles. The first-order chi connectivity index (χ1) is 20.8. The Morgan fingerprint density at radius 3 is 2.74 bits per heavy atom. The largest absolute Gasteiger partial charge is 0.444 e. The molecule has 11 heteroatoms. The molecule has 0 radical (unpaired) electrons. The summed E-state index contributed by atoms with van der Waals surface area (Å²) in [5.41, 5.74) is 3.30. The van der Waals surface area contributed by atoms with Crippen molar-refractivity contribution < 1.29 is 14.3 Å². The van der Waals surface area contributed by atoms with Crippen molar-refractivity contribution in [3.8, 4) is 0 Å². The lowest BCUT2D eigenvalue weighted by Crippen LogP contribution is -2.47. The zero-order chi connectivity index (χ0) is 30.0. The fourth-order valence-corrected chi connectivity index (χ4v) is 6.78. The Balaban J connectivity index is 1.25. The highest BCUT2D eigenvalue weighted by molar-refractivity contribution is 5.88. The quantitative estimate of drug-likeness (QED) is 0.359. The molecule has 2 fully saturated rings. The van der Waals surface area contributed by atoms with E-state index in [0.717, 1.165) is 118 Å². The Kier molecular flexibility index (Phi) is 8.44. The van der Waals surface area contributed by atoms with E-state index in [0.29, 0.717) is 6.54 Å². The molecule has 3 aliphatic rings. The van der Waals surface area contributed by atoms with Crippen LogP contribution in [0.3, 0.4) is 0 Å². The summed E-state index contributed by atoms with van der Waals surface area (Å²) in [6.45, 7) is 11.8. The maximum Gasteiger partial charge on any atom is 0.407 e. The van der Waals surface area contributed by atoms with Gasteiger partial charge in [0.25, 0.3) is 0 Å². The number of fused-ring (bicyclic) bond motifs is 2. The van der Waals surface area contributed by atoms with E-state index in [4.69, 9.17) is 24.5 Å². The predicted molar refractivity (Wildman–Crippen MR) is 167 cm³/mol. The second-order valence-corrected chi connectivity index (χ2v) is 13.3. The van der Waals surface area contributed by atoms with E-state index in [1.54, 1.807) is 0 Å². The number of aromatic nitrogens is 5. The standard InChI is InChI=1S/C32H46N8O3/c1-5-13-32(22-35-30(41)43-31(2,3)4)14-18-38(19-15-32)25-21-34-27-28(36-25)40(26-12-6-7-20-42-26)37-29(27)39-17-9-10-23-24(39)11-8-16-33-23/h8,11,16,21,26H,5-7,9-10,12-15,17-20,22H2,1-4H3,(H,35,41). The lowest BCUT2D eigenvalue weighted by atomic mass is 9.75. The van der Waals surface area contributed by atoms with Crippen LogP contribution in [0.2, 0.25) is 0 Å². The Morgan fingerprint density at radius 1 is 1.16 bits per heavy atom. The van der Waals surface area contributed by atoms with Gasteiger partial charge < -0.3 is 24.6 Å². The third kappa shape index (κ3) is 6.41. The van der Waals surface area contributed by atoms with Gasteiger partial charge in [-0.2, -0.15) is 0 Å². The molecule has 0 aliphatic carbocycles. The molecule has 3 aromatic rings. The summed E-state index contributed by atoms with van der Waals surface area (Å²) in [5.74, 6) is 1.69.